The van der Waals surface area contributed by atoms with E-state index in [2.05, 4.69) is 10.3 Å². The largest absolute Gasteiger partial charge is 0.387 e. The number of amides is 1. The summed E-state index contributed by atoms with van der Waals surface area (Å²) in [5, 5.41) is 12.6. The Morgan fingerprint density at radius 2 is 1.68 bits per heavy atom. The van der Waals surface area contributed by atoms with Gasteiger partial charge in [0.25, 0.3) is 5.91 Å². The predicted octanol–water partition coefficient (Wildman–Crippen LogP) is 5.31. The summed E-state index contributed by atoms with van der Waals surface area (Å²) in [7, 11) is -4.03. The number of hydrogen-bond donors (Lipinski definition) is 2. The molecule has 12 heteroatoms. The summed E-state index contributed by atoms with van der Waals surface area (Å²) in [5.74, 6) is -6.16. The number of nitrogens with one attached hydrogen (secondary N) is 1. The van der Waals surface area contributed by atoms with Crippen LogP contribution in [0.2, 0.25) is 5.02 Å². The number of hydrogen-bond acceptors (Lipinski definition) is 6. The number of sulfone groups is 1. The lowest BCUT2D eigenvalue weighted by molar-refractivity contribution is -0.0866. The zero-order chi connectivity index (χ0) is 28.7. The van der Waals surface area contributed by atoms with E-state index in [1.807, 2.05) is 12.1 Å². The molecule has 7 nitrogen and oxygen atoms in total. The molecule has 40 heavy (non-hydrogen) atoms. The van der Waals surface area contributed by atoms with Gasteiger partial charge in [-0.15, -0.1) is 0 Å². The van der Waals surface area contributed by atoms with Crippen LogP contribution in [0.5, 0.6) is 0 Å². The van der Waals surface area contributed by atoms with Crippen LogP contribution >= 0.6 is 11.6 Å². The Labute approximate surface area is 234 Å². The fraction of sp³-hybridized carbons (Fsp3) is 0.357. The van der Waals surface area contributed by atoms with Crippen molar-refractivity contribution in [3.63, 3.8) is 0 Å². The minimum absolute atomic E-state index is 0.0656. The highest BCUT2D eigenvalue weighted by atomic mass is 35.5. The molecule has 2 fully saturated rings. The van der Waals surface area contributed by atoms with Crippen LogP contribution < -0.4 is 5.32 Å². The zero-order valence-corrected chi connectivity index (χ0v) is 22.7. The first-order valence-electron chi connectivity index (χ1n) is 12.7. The van der Waals surface area contributed by atoms with Crippen LogP contribution in [-0.2, 0) is 21.2 Å². The quantitative estimate of drug-likeness (QED) is 0.342. The van der Waals surface area contributed by atoms with Gasteiger partial charge in [0.05, 0.1) is 34.0 Å². The molecule has 0 saturated heterocycles. The standard InChI is InChI=1S/C28H26ClF3N2O5S/c29-21-4-3-17(27(35)34-20-10-22(30)25(32)23(31)11-20)9-24(21)40(37,38)26-18-1-2-19(26)13-28(36,12-18)15-39-14-16-5-7-33-8-6-16/h3-11,18-19,26,36H,1-2,12-15H2,(H,34,35)/t18-,19?,26?,28+/m0/s1. The minimum atomic E-state index is -4.03. The lowest BCUT2D eigenvalue weighted by Crippen LogP contribution is -2.48. The second-order valence-corrected chi connectivity index (χ2v) is 12.9. The van der Waals surface area contributed by atoms with E-state index in [-0.39, 0.29) is 52.5 Å². The smallest absolute Gasteiger partial charge is 0.255 e. The summed E-state index contributed by atoms with van der Waals surface area (Å²) in [6, 6.07) is 8.53. The number of pyridine rings is 1. The average molecular weight is 595 g/mol. The number of carbonyl (C=O) groups excluding carboxylic acids is 1. The fourth-order valence-electron chi connectivity index (χ4n) is 5.94. The molecule has 4 atom stereocenters. The molecule has 3 aromatic rings. The van der Waals surface area contributed by atoms with Crippen molar-refractivity contribution < 1.29 is 36.2 Å². The molecule has 2 aromatic carbocycles. The van der Waals surface area contributed by atoms with Crippen molar-refractivity contribution in [1.29, 1.82) is 0 Å². The lowest BCUT2D eigenvalue weighted by Gasteiger charge is -2.40. The molecule has 0 spiro atoms. The first-order chi connectivity index (χ1) is 19.0. The number of aliphatic hydroxyl groups is 1. The molecule has 212 valence electrons. The van der Waals surface area contributed by atoms with Gasteiger partial charge >= 0.3 is 0 Å². The van der Waals surface area contributed by atoms with Gasteiger partial charge in [0.15, 0.2) is 27.3 Å². The monoisotopic (exact) mass is 594 g/mol. The summed E-state index contributed by atoms with van der Waals surface area (Å²) >= 11 is 6.30. The third kappa shape index (κ3) is 5.74. The molecule has 2 saturated carbocycles. The number of aromatic nitrogens is 1. The summed E-state index contributed by atoms with van der Waals surface area (Å²) < 4.78 is 73.9. The fourth-order valence-corrected chi connectivity index (χ4v) is 8.78. The SMILES string of the molecule is O=C(Nc1cc(F)c(F)c(F)c1)c1ccc(Cl)c(S(=O)(=O)C2C3CC[C@H]2C[C@](O)(COCc2ccncc2)C3)c1. The Hall–Kier alpha value is -2.99. The van der Waals surface area contributed by atoms with Gasteiger partial charge < -0.3 is 15.2 Å². The molecule has 2 aliphatic rings. The molecule has 2 aliphatic carbocycles. The van der Waals surface area contributed by atoms with E-state index < -0.39 is 44.0 Å². The maximum absolute atomic E-state index is 13.9. The normalized spacial score (nSPS) is 24.2. The van der Waals surface area contributed by atoms with Crippen LogP contribution in [0.15, 0.2) is 59.8 Å². The van der Waals surface area contributed by atoms with Gasteiger partial charge in [0, 0.05) is 35.8 Å². The maximum Gasteiger partial charge on any atom is 0.255 e. The lowest BCUT2D eigenvalue weighted by atomic mass is 9.77. The second kappa shape index (κ2) is 11.1. The van der Waals surface area contributed by atoms with Crippen molar-refractivity contribution in [1.82, 2.24) is 4.98 Å². The van der Waals surface area contributed by atoms with E-state index in [0.717, 1.165) is 11.6 Å². The first kappa shape index (κ1) is 28.5. The molecular weight excluding hydrogens is 569 g/mol. The first-order valence-corrected chi connectivity index (χ1v) is 14.6. The highest BCUT2D eigenvalue weighted by Gasteiger charge is 2.54. The van der Waals surface area contributed by atoms with Crippen molar-refractivity contribution in [2.45, 2.75) is 48.0 Å². The van der Waals surface area contributed by atoms with E-state index >= 15 is 0 Å². The van der Waals surface area contributed by atoms with E-state index in [0.29, 0.717) is 31.6 Å². The van der Waals surface area contributed by atoms with E-state index in [1.54, 1.807) is 12.4 Å². The minimum Gasteiger partial charge on any atom is -0.387 e. The van der Waals surface area contributed by atoms with E-state index in [4.69, 9.17) is 16.3 Å². The molecule has 0 radical (unpaired) electrons. The number of nitrogens with zero attached hydrogens (tertiary/aromatic N) is 1. The van der Waals surface area contributed by atoms with Crippen molar-refractivity contribution in [3.8, 4) is 0 Å². The Bertz CT molecular complexity index is 1500. The molecule has 5 rings (SSSR count). The van der Waals surface area contributed by atoms with E-state index in [1.165, 1.54) is 12.1 Å². The van der Waals surface area contributed by atoms with Gasteiger partial charge in [0.2, 0.25) is 0 Å². The van der Waals surface area contributed by atoms with Crippen LogP contribution in [0.1, 0.15) is 41.6 Å². The number of rotatable bonds is 8. The summed E-state index contributed by atoms with van der Waals surface area (Å²) in [5.41, 5.74) is -0.712. The summed E-state index contributed by atoms with van der Waals surface area (Å²) in [6.07, 6.45) is 5.00. The van der Waals surface area contributed by atoms with Crippen LogP contribution in [-0.4, -0.2) is 41.9 Å². The van der Waals surface area contributed by atoms with Gasteiger partial charge in [-0.05, 0) is 73.4 Å². The number of anilines is 1. The van der Waals surface area contributed by atoms with Gasteiger partial charge in [-0.3, -0.25) is 9.78 Å². The Morgan fingerprint density at radius 3 is 2.30 bits per heavy atom. The number of benzene rings is 2. The van der Waals surface area contributed by atoms with Crippen molar-refractivity contribution in [2.75, 3.05) is 11.9 Å². The van der Waals surface area contributed by atoms with Gasteiger partial charge in [0.1, 0.15) is 0 Å². The molecule has 2 N–H and O–H groups in total. The number of ether oxygens (including phenoxy) is 1. The third-order valence-electron chi connectivity index (χ3n) is 7.61. The van der Waals surface area contributed by atoms with Crippen LogP contribution in [0, 0.1) is 29.3 Å². The highest BCUT2D eigenvalue weighted by molar-refractivity contribution is 7.92. The van der Waals surface area contributed by atoms with Gasteiger partial charge in [-0.1, -0.05) is 11.6 Å². The number of fused-ring (bicyclic) bond motifs is 2. The number of carbonyl (C=O) groups is 1. The zero-order valence-electron chi connectivity index (χ0n) is 21.1. The molecule has 0 aliphatic heterocycles. The average Bonchev–Trinajstić information content (AvgIpc) is 3.21. The van der Waals surface area contributed by atoms with Crippen LogP contribution in [0.25, 0.3) is 0 Å². The second-order valence-electron chi connectivity index (χ2n) is 10.4. The molecule has 1 heterocycles. The molecule has 1 amide bonds. The Morgan fingerprint density at radius 1 is 1.05 bits per heavy atom. The summed E-state index contributed by atoms with van der Waals surface area (Å²) in [6.45, 7) is 0.361. The third-order valence-corrected chi connectivity index (χ3v) is 10.5. The van der Waals surface area contributed by atoms with Gasteiger partial charge in [-0.2, -0.15) is 0 Å². The van der Waals surface area contributed by atoms with Crippen LogP contribution in [0.3, 0.4) is 0 Å². The maximum atomic E-state index is 13.9. The topological polar surface area (TPSA) is 106 Å². The molecule has 2 bridgehead atoms. The Balaban J connectivity index is 1.32. The highest BCUT2D eigenvalue weighted by Crippen LogP contribution is 2.51. The van der Waals surface area contributed by atoms with Crippen molar-refractivity contribution in [2.24, 2.45) is 11.8 Å². The van der Waals surface area contributed by atoms with Crippen molar-refractivity contribution in [3.05, 3.63) is 88.5 Å². The van der Waals surface area contributed by atoms with Gasteiger partial charge in [-0.25, -0.2) is 21.6 Å². The molecular formula is C28H26ClF3N2O5S. The van der Waals surface area contributed by atoms with Crippen LogP contribution in [0.4, 0.5) is 18.9 Å². The molecule has 1 aromatic heterocycles. The van der Waals surface area contributed by atoms with E-state index in [9.17, 15) is 31.5 Å². The summed E-state index contributed by atoms with van der Waals surface area (Å²) in [4.78, 5) is 16.5. The molecule has 2 unspecified atom stereocenters. The predicted molar refractivity (Wildman–Crippen MR) is 141 cm³/mol. The number of halogens is 4. The van der Waals surface area contributed by atoms with Crippen molar-refractivity contribution >= 4 is 33.0 Å². The Kier molecular flexibility index (Phi) is 7.93.